The summed E-state index contributed by atoms with van der Waals surface area (Å²) < 4.78 is 17.3. The first kappa shape index (κ1) is 17.6. The lowest BCUT2D eigenvalue weighted by Crippen LogP contribution is -2.43. The van der Waals surface area contributed by atoms with E-state index in [-0.39, 0.29) is 6.61 Å². The van der Waals surface area contributed by atoms with Gasteiger partial charge in [-0.25, -0.2) is 14.4 Å². The predicted octanol–water partition coefficient (Wildman–Crippen LogP) is 1.56. The maximum absolute atomic E-state index is 12.1. The molecule has 0 aliphatic carbocycles. The van der Waals surface area contributed by atoms with Gasteiger partial charge in [0.25, 0.3) is 0 Å². The van der Waals surface area contributed by atoms with Crippen LogP contribution in [0.3, 0.4) is 0 Å². The number of anilines is 1. The Morgan fingerprint density at radius 2 is 2.00 bits per heavy atom. The van der Waals surface area contributed by atoms with E-state index in [0.29, 0.717) is 37.8 Å². The fraction of sp³-hybridized carbons (Fsp3) is 0.444. The monoisotopic (exact) mass is 346 g/mol. The highest BCUT2D eigenvalue weighted by Gasteiger charge is 2.36. The van der Waals surface area contributed by atoms with E-state index in [0.717, 1.165) is 12.1 Å². The first-order valence-corrected chi connectivity index (χ1v) is 8.41. The Hall–Kier alpha value is -2.25. The molecule has 3 rings (SSSR count). The van der Waals surface area contributed by atoms with Crippen molar-refractivity contribution in [1.29, 1.82) is 0 Å². The molecule has 0 saturated carbocycles. The third kappa shape index (κ3) is 4.87. The minimum absolute atomic E-state index is 0.0757. The van der Waals surface area contributed by atoms with Gasteiger partial charge >= 0.3 is 0 Å². The zero-order valence-electron chi connectivity index (χ0n) is 14.1. The third-order valence-corrected chi connectivity index (χ3v) is 4.22. The van der Waals surface area contributed by atoms with E-state index < -0.39 is 12.3 Å². The molecule has 0 amide bonds. The van der Waals surface area contributed by atoms with Crippen LogP contribution < -0.4 is 15.0 Å². The van der Waals surface area contributed by atoms with Crippen molar-refractivity contribution >= 4 is 5.95 Å². The van der Waals surface area contributed by atoms with Gasteiger partial charge in [-0.1, -0.05) is 12.1 Å². The van der Waals surface area contributed by atoms with Gasteiger partial charge in [0.2, 0.25) is 5.95 Å². The Balaban J connectivity index is 1.45. The SMILES string of the molecule is OC1(CNCc2ccc(OCCF)cc2)CCN(c2ncccn2)C1. The zero-order chi connectivity index (χ0) is 17.5. The summed E-state index contributed by atoms with van der Waals surface area (Å²) in [6.07, 6.45) is 4.09. The Kier molecular flexibility index (Phi) is 5.78. The lowest BCUT2D eigenvalue weighted by Gasteiger charge is -2.23. The van der Waals surface area contributed by atoms with E-state index in [9.17, 15) is 9.50 Å². The fourth-order valence-corrected chi connectivity index (χ4v) is 2.93. The molecule has 6 nitrogen and oxygen atoms in total. The number of β-amino-alcohol motifs (C(OH)–C–C–N with tert-alkyl or cyclic N) is 1. The number of hydrogen-bond acceptors (Lipinski definition) is 6. The molecule has 2 aromatic rings. The smallest absolute Gasteiger partial charge is 0.225 e. The second-order valence-electron chi connectivity index (χ2n) is 6.23. The molecule has 1 aliphatic rings. The van der Waals surface area contributed by atoms with Crippen molar-refractivity contribution in [3.63, 3.8) is 0 Å². The van der Waals surface area contributed by atoms with Crippen LogP contribution in [-0.2, 0) is 6.54 Å². The lowest BCUT2D eigenvalue weighted by atomic mass is 10.0. The number of alkyl halides is 1. The van der Waals surface area contributed by atoms with Crippen molar-refractivity contribution in [1.82, 2.24) is 15.3 Å². The summed E-state index contributed by atoms with van der Waals surface area (Å²) in [5.41, 5.74) is 0.293. The molecular weight excluding hydrogens is 323 g/mol. The lowest BCUT2D eigenvalue weighted by molar-refractivity contribution is 0.0626. The Morgan fingerprint density at radius 3 is 2.72 bits per heavy atom. The van der Waals surface area contributed by atoms with Crippen molar-refractivity contribution in [3.05, 3.63) is 48.3 Å². The largest absolute Gasteiger partial charge is 0.491 e. The normalized spacial score (nSPS) is 20.0. The minimum Gasteiger partial charge on any atom is -0.491 e. The summed E-state index contributed by atoms with van der Waals surface area (Å²) in [4.78, 5) is 10.5. The van der Waals surface area contributed by atoms with Crippen LogP contribution in [0.15, 0.2) is 42.7 Å². The highest BCUT2D eigenvalue weighted by molar-refractivity contribution is 5.32. The number of aromatic nitrogens is 2. The van der Waals surface area contributed by atoms with Crippen molar-refractivity contribution in [2.75, 3.05) is 37.8 Å². The van der Waals surface area contributed by atoms with Gasteiger partial charge in [-0.3, -0.25) is 0 Å². The van der Waals surface area contributed by atoms with Gasteiger partial charge in [0.05, 0.1) is 12.1 Å². The molecule has 0 radical (unpaired) electrons. The molecule has 2 N–H and O–H groups in total. The third-order valence-electron chi connectivity index (χ3n) is 4.22. The predicted molar refractivity (Wildman–Crippen MR) is 93.4 cm³/mol. The summed E-state index contributed by atoms with van der Waals surface area (Å²) in [7, 11) is 0. The highest BCUT2D eigenvalue weighted by atomic mass is 19.1. The molecule has 1 atom stereocenters. The average molecular weight is 346 g/mol. The number of hydrogen-bond donors (Lipinski definition) is 2. The van der Waals surface area contributed by atoms with Crippen LogP contribution in [0.5, 0.6) is 5.75 Å². The molecule has 25 heavy (non-hydrogen) atoms. The minimum atomic E-state index is -0.788. The molecule has 1 aromatic heterocycles. The summed E-state index contributed by atoms with van der Waals surface area (Å²) in [6.45, 7) is 1.98. The molecule has 1 fully saturated rings. The average Bonchev–Trinajstić information content (AvgIpc) is 3.04. The molecule has 1 aliphatic heterocycles. The molecule has 0 spiro atoms. The van der Waals surface area contributed by atoms with Crippen LogP contribution in [0, 0.1) is 0 Å². The summed E-state index contributed by atoms with van der Waals surface area (Å²) in [5.74, 6) is 1.32. The number of halogens is 1. The molecule has 2 heterocycles. The number of rotatable bonds is 8. The number of aliphatic hydroxyl groups is 1. The van der Waals surface area contributed by atoms with Gasteiger partial charge in [-0.2, -0.15) is 0 Å². The van der Waals surface area contributed by atoms with Gasteiger partial charge in [0, 0.05) is 32.0 Å². The summed E-state index contributed by atoms with van der Waals surface area (Å²) in [5, 5.41) is 14.0. The summed E-state index contributed by atoms with van der Waals surface area (Å²) in [6, 6.07) is 9.30. The van der Waals surface area contributed by atoms with Crippen molar-refractivity contribution in [3.8, 4) is 5.75 Å². The molecule has 1 aromatic carbocycles. The number of nitrogens with one attached hydrogen (secondary N) is 1. The van der Waals surface area contributed by atoms with Crippen molar-refractivity contribution in [2.24, 2.45) is 0 Å². The molecule has 1 unspecified atom stereocenters. The fourth-order valence-electron chi connectivity index (χ4n) is 2.93. The van der Waals surface area contributed by atoms with Crippen LogP contribution in [0.25, 0.3) is 0 Å². The van der Waals surface area contributed by atoms with E-state index >= 15 is 0 Å². The van der Waals surface area contributed by atoms with Crippen LogP contribution in [0.2, 0.25) is 0 Å². The Morgan fingerprint density at radius 1 is 1.24 bits per heavy atom. The second-order valence-corrected chi connectivity index (χ2v) is 6.23. The standard InChI is InChI=1S/C18H23FN4O2/c19-7-11-25-16-4-2-15(3-5-16)12-20-13-18(24)6-10-23(14-18)17-21-8-1-9-22-17/h1-5,8-9,20,24H,6-7,10-14H2. The van der Waals surface area contributed by atoms with Gasteiger partial charge in [0.1, 0.15) is 19.0 Å². The van der Waals surface area contributed by atoms with Crippen molar-refractivity contribution in [2.45, 2.75) is 18.6 Å². The molecule has 7 heteroatoms. The van der Waals surface area contributed by atoms with E-state index in [1.165, 1.54) is 0 Å². The van der Waals surface area contributed by atoms with E-state index in [4.69, 9.17) is 4.74 Å². The van der Waals surface area contributed by atoms with E-state index in [1.54, 1.807) is 18.5 Å². The number of benzene rings is 1. The molecule has 1 saturated heterocycles. The van der Waals surface area contributed by atoms with Crippen LogP contribution in [0.4, 0.5) is 10.3 Å². The van der Waals surface area contributed by atoms with Crippen molar-refractivity contribution < 1.29 is 14.2 Å². The zero-order valence-corrected chi connectivity index (χ0v) is 14.1. The quantitative estimate of drug-likeness (QED) is 0.756. The maximum Gasteiger partial charge on any atom is 0.225 e. The van der Waals surface area contributed by atoms with Crippen LogP contribution in [-0.4, -0.2) is 53.6 Å². The first-order chi connectivity index (χ1) is 12.2. The maximum atomic E-state index is 12.1. The molecular formula is C18H23FN4O2. The first-order valence-electron chi connectivity index (χ1n) is 8.41. The number of ether oxygens (including phenoxy) is 1. The molecule has 0 bridgehead atoms. The molecule has 134 valence electrons. The Labute approximate surface area is 146 Å². The topological polar surface area (TPSA) is 70.5 Å². The summed E-state index contributed by atoms with van der Waals surface area (Å²) >= 11 is 0. The van der Waals surface area contributed by atoms with Crippen LogP contribution >= 0.6 is 0 Å². The second kappa shape index (κ2) is 8.22. The van der Waals surface area contributed by atoms with E-state index in [2.05, 4.69) is 15.3 Å². The van der Waals surface area contributed by atoms with Crippen LogP contribution in [0.1, 0.15) is 12.0 Å². The number of nitrogens with zero attached hydrogens (tertiary/aromatic N) is 3. The highest BCUT2D eigenvalue weighted by Crippen LogP contribution is 2.23. The van der Waals surface area contributed by atoms with Gasteiger partial charge in [-0.05, 0) is 30.2 Å². The van der Waals surface area contributed by atoms with E-state index in [1.807, 2.05) is 29.2 Å². The van der Waals surface area contributed by atoms with Gasteiger partial charge in [-0.15, -0.1) is 0 Å². The Bertz CT molecular complexity index is 656. The van der Waals surface area contributed by atoms with Gasteiger partial charge in [0.15, 0.2) is 0 Å². The van der Waals surface area contributed by atoms with Gasteiger partial charge < -0.3 is 20.1 Å².